The summed E-state index contributed by atoms with van der Waals surface area (Å²) >= 11 is 0. The van der Waals surface area contributed by atoms with Gasteiger partial charge in [-0.1, -0.05) is 18.2 Å². The number of hydrogen-bond donors (Lipinski definition) is 1. The zero-order valence-corrected chi connectivity index (χ0v) is 23.2. The Morgan fingerprint density at radius 3 is 1.95 bits per heavy atom. The fraction of sp³-hybridized carbons (Fsp3) is 0.269. The van der Waals surface area contributed by atoms with E-state index in [1.807, 2.05) is 18.2 Å². The number of carbonyl (C=O) groups is 1. The van der Waals surface area contributed by atoms with Crippen molar-refractivity contribution in [3.8, 4) is 17.2 Å². The molecule has 204 valence electrons. The molecule has 3 rings (SSSR count). The number of anilines is 1. The van der Waals surface area contributed by atoms with E-state index in [0.29, 0.717) is 22.9 Å². The maximum absolute atomic E-state index is 12.8. The summed E-state index contributed by atoms with van der Waals surface area (Å²) in [6.45, 7) is 1.71. The predicted octanol–water partition coefficient (Wildman–Crippen LogP) is 3.08. The van der Waals surface area contributed by atoms with E-state index in [-0.39, 0.29) is 18.0 Å². The molecular weight excluding hydrogens is 530 g/mol. The van der Waals surface area contributed by atoms with Crippen molar-refractivity contribution in [2.45, 2.75) is 17.9 Å². The van der Waals surface area contributed by atoms with Crippen molar-refractivity contribution < 1.29 is 31.1 Å². The van der Waals surface area contributed by atoms with E-state index in [1.54, 1.807) is 36.4 Å². The summed E-state index contributed by atoms with van der Waals surface area (Å²) in [5, 5.41) is 2.67. The van der Waals surface area contributed by atoms with Crippen molar-refractivity contribution in [3.05, 3.63) is 78.9 Å². The van der Waals surface area contributed by atoms with Crippen LogP contribution in [0.2, 0.25) is 0 Å². The van der Waals surface area contributed by atoms with Crippen molar-refractivity contribution in [2.24, 2.45) is 0 Å². The van der Waals surface area contributed by atoms with E-state index in [1.165, 1.54) is 45.3 Å². The van der Waals surface area contributed by atoms with Crippen molar-refractivity contribution in [1.82, 2.24) is 9.62 Å². The molecular formula is C26H31N3O7S2. The molecule has 10 nitrogen and oxygen atoms in total. The van der Waals surface area contributed by atoms with Crippen LogP contribution in [0.25, 0.3) is 0 Å². The molecule has 3 aromatic rings. The Labute approximate surface area is 223 Å². The van der Waals surface area contributed by atoms with E-state index in [4.69, 9.17) is 9.47 Å². The standard InChI is InChI=1S/C26H31N3O7S2/c1-20(26(30)27-18-19-35-22-14-16-25(17-15-22)38(33,34)28(2)3)29(37(4,31)32)21-10-12-24(13-11-21)36-23-8-6-5-7-9-23/h5-17,20H,18-19H2,1-4H3,(H,27,30)/t20-/m1/s1. The molecule has 1 N–H and O–H groups in total. The van der Waals surface area contributed by atoms with Crippen LogP contribution >= 0.6 is 0 Å². The van der Waals surface area contributed by atoms with Crippen LogP contribution in [0.5, 0.6) is 17.2 Å². The third-order valence-electron chi connectivity index (χ3n) is 5.43. The molecule has 0 aliphatic heterocycles. The van der Waals surface area contributed by atoms with Crippen LogP contribution in [0.15, 0.2) is 83.8 Å². The second-order valence-corrected chi connectivity index (χ2v) is 12.6. The molecule has 0 spiro atoms. The average molecular weight is 562 g/mol. The molecule has 0 unspecified atom stereocenters. The molecule has 3 aromatic carbocycles. The first-order valence-corrected chi connectivity index (χ1v) is 14.9. The van der Waals surface area contributed by atoms with Gasteiger partial charge in [0.15, 0.2) is 0 Å². The minimum Gasteiger partial charge on any atom is -0.492 e. The second-order valence-electron chi connectivity index (χ2n) is 8.54. The molecule has 0 bridgehead atoms. The Kier molecular flexibility index (Phi) is 9.36. The van der Waals surface area contributed by atoms with Crippen LogP contribution in [0.1, 0.15) is 6.92 Å². The Morgan fingerprint density at radius 1 is 0.842 bits per heavy atom. The van der Waals surface area contributed by atoms with Gasteiger partial charge in [-0.15, -0.1) is 0 Å². The number of ether oxygens (including phenoxy) is 2. The highest BCUT2D eigenvalue weighted by molar-refractivity contribution is 7.92. The topological polar surface area (TPSA) is 122 Å². The number of para-hydroxylation sites is 1. The molecule has 0 aliphatic rings. The second kappa shape index (κ2) is 12.3. The highest BCUT2D eigenvalue weighted by Crippen LogP contribution is 2.27. The van der Waals surface area contributed by atoms with Crippen LogP contribution in [0.4, 0.5) is 5.69 Å². The first-order chi connectivity index (χ1) is 17.9. The molecule has 0 radical (unpaired) electrons. The molecule has 12 heteroatoms. The lowest BCUT2D eigenvalue weighted by Crippen LogP contribution is -2.48. The van der Waals surface area contributed by atoms with Gasteiger partial charge in [-0.2, -0.15) is 0 Å². The van der Waals surface area contributed by atoms with Crippen molar-refractivity contribution >= 4 is 31.6 Å². The lowest BCUT2D eigenvalue weighted by molar-refractivity contribution is -0.121. The van der Waals surface area contributed by atoms with Gasteiger partial charge in [0.1, 0.15) is 29.9 Å². The smallest absolute Gasteiger partial charge is 0.243 e. The third kappa shape index (κ3) is 7.46. The van der Waals surface area contributed by atoms with Gasteiger partial charge in [0.25, 0.3) is 0 Å². The first kappa shape index (κ1) is 29.0. The minimum atomic E-state index is -3.78. The van der Waals surface area contributed by atoms with Gasteiger partial charge in [-0.3, -0.25) is 9.10 Å². The van der Waals surface area contributed by atoms with Crippen LogP contribution in [0.3, 0.4) is 0 Å². The van der Waals surface area contributed by atoms with Gasteiger partial charge in [-0.25, -0.2) is 21.1 Å². The number of benzene rings is 3. The monoisotopic (exact) mass is 561 g/mol. The van der Waals surface area contributed by atoms with Gasteiger partial charge in [0.05, 0.1) is 23.4 Å². The van der Waals surface area contributed by atoms with E-state index in [9.17, 15) is 21.6 Å². The molecule has 0 aliphatic carbocycles. The van der Waals surface area contributed by atoms with Crippen molar-refractivity contribution in [1.29, 1.82) is 0 Å². The SMILES string of the molecule is C[C@H](C(=O)NCCOc1ccc(S(=O)(=O)N(C)C)cc1)N(c1ccc(Oc2ccccc2)cc1)S(C)(=O)=O. The maximum atomic E-state index is 12.8. The van der Waals surface area contributed by atoms with Crippen LogP contribution in [0, 0.1) is 0 Å². The first-order valence-electron chi connectivity index (χ1n) is 11.6. The number of sulfonamides is 2. The normalized spacial score (nSPS) is 12.6. The summed E-state index contributed by atoms with van der Waals surface area (Å²) in [6, 6.07) is 20.5. The molecule has 0 saturated carbocycles. The minimum absolute atomic E-state index is 0.0998. The molecule has 0 heterocycles. The summed E-state index contributed by atoms with van der Waals surface area (Å²) in [6.07, 6.45) is 1.04. The summed E-state index contributed by atoms with van der Waals surface area (Å²) in [4.78, 5) is 12.9. The molecule has 38 heavy (non-hydrogen) atoms. The van der Waals surface area contributed by atoms with Crippen molar-refractivity contribution in [3.63, 3.8) is 0 Å². The summed E-state index contributed by atoms with van der Waals surface area (Å²) in [5.74, 6) is 1.09. The van der Waals surface area contributed by atoms with Gasteiger partial charge in [0.2, 0.25) is 26.0 Å². The number of carbonyl (C=O) groups excluding carboxylic acids is 1. The fourth-order valence-corrected chi connectivity index (χ4v) is 5.58. The number of nitrogens with zero attached hydrogens (tertiary/aromatic N) is 2. The zero-order chi connectivity index (χ0) is 27.9. The Hall–Kier alpha value is -3.61. The number of amides is 1. The van der Waals surface area contributed by atoms with E-state index in [0.717, 1.165) is 14.9 Å². The third-order valence-corrected chi connectivity index (χ3v) is 8.50. The van der Waals surface area contributed by atoms with E-state index in [2.05, 4.69) is 5.32 Å². The predicted molar refractivity (Wildman–Crippen MR) is 146 cm³/mol. The lowest BCUT2D eigenvalue weighted by atomic mass is 10.2. The van der Waals surface area contributed by atoms with E-state index < -0.39 is 32.0 Å². The summed E-state index contributed by atoms with van der Waals surface area (Å²) in [5.41, 5.74) is 0.319. The van der Waals surface area contributed by atoms with Crippen molar-refractivity contribution in [2.75, 3.05) is 37.8 Å². The number of rotatable bonds is 12. The largest absolute Gasteiger partial charge is 0.492 e. The fourth-order valence-electron chi connectivity index (χ4n) is 3.50. The van der Waals surface area contributed by atoms with Gasteiger partial charge in [-0.05, 0) is 67.6 Å². The Bertz CT molecular complexity index is 1430. The van der Waals surface area contributed by atoms with Gasteiger partial charge in [0, 0.05) is 14.1 Å². The van der Waals surface area contributed by atoms with Crippen LogP contribution in [-0.2, 0) is 24.8 Å². The van der Waals surface area contributed by atoms with Crippen LogP contribution in [-0.4, -0.2) is 66.6 Å². The molecule has 1 atom stereocenters. The molecule has 0 aromatic heterocycles. The highest BCUT2D eigenvalue weighted by atomic mass is 32.2. The molecule has 1 amide bonds. The maximum Gasteiger partial charge on any atom is 0.243 e. The van der Waals surface area contributed by atoms with Gasteiger partial charge < -0.3 is 14.8 Å². The van der Waals surface area contributed by atoms with Gasteiger partial charge >= 0.3 is 0 Å². The zero-order valence-electron chi connectivity index (χ0n) is 21.6. The van der Waals surface area contributed by atoms with Crippen LogP contribution < -0.4 is 19.1 Å². The Morgan fingerprint density at radius 2 is 1.39 bits per heavy atom. The summed E-state index contributed by atoms with van der Waals surface area (Å²) in [7, 11) is -4.43. The number of nitrogens with one attached hydrogen (secondary N) is 1. The molecule has 0 fully saturated rings. The quantitative estimate of drug-likeness (QED) is 0.337. The summed E-state index contributed by atoms with van der Waals surface area (Å²) < 4.78 is 62.9. The molecule has 0 saturated heterocycles. The average Bonchev–Trinajstić information content (AvgIpc) is 2.87. The Balaban J connectivity index is 1.58. The lowest BCUT2D eigenvalue weighted by Gasteiger charge is -2.28. The van der Waals surface area contributed by atoms with E-state index >= 15 is 0 Å². The number of hydrogen-bond acceptors (Lipinski definition) is 7. The highest BCUT2D eigenvalue weighted by Gasteiger charge is 2.29.